The van der Waals surface area contributed by atoms with Crippen molar-refractivity contribution in [2.45, 2.75) is 32.6 Å². The van der Waals surface area contributed by atoms with Crippen molar-refractivity contribution >= 4 is 17.3 Å². The highest BCUT2D eigenvalue weighted by molar-refractivity contribution is 6.99. The van der Waals surface area contributed by atoms with Crippen LogP contribution in [0.1, 0.15) is 37.6 Å². The summed E-state index contributed by atoms with van der Waals surface area (Å²) in [5, 5.41) is 0. The highest BCUT2D eigenvalue weighted by Gasteiger charge is 2.16. The third-order valence-corrected chi connectivity index (χ3v) is 4.10. The summed E-state index contributed by atoms with van der Waals surface area (Å²) in [5.41, 5.74) is 3.73. The van der Waals surface area contributed by atoms with Crippen LogP contribution in [-0.4, -0.2) is 38.8 Å². The SMILES string of the molecule is CCCCc1nsnc1C1=CCCN(C)C1.c1ccncc1. The number of aryl methyl sites for hydroxylation is 1. The Kier molecular flexibility index (Phi) is 7.19. The number of hydrogen-bond donors (Lipinski definition) is 0. The molecule has 118 valence electrons. The van der Waals surface area contributed by atoms with Gasteiger partial charge in [-0.25, -0.2) is 0 Å². The molecule has 0 unspecified atom stereocenters. The van der Waals surface area contributed by atoms with Crippen molar-refractivity contribution in [3.63, 3.8) is 0 Å². The molecule has 1 aliphatic heterocycles. The lowest BCUT2D eigenvalue weighted by atomic mass is 10.0. The van der Waals surface area contributed by atoms with E-state index in [2.05, 4.69) is 38.7 Å². The first kappa shape index (κ1) is 16.8. The molecule has 1 aliphatic rings. The maximum absolute atomic E-state index is 4.46. The van der Waals surface area contributed by atoms with Gasteiger partial charge in [0, 0.05) is 25.5 Å². The van der Waals surface area contributed by atoms with Gasteiger partial charge in [0.05, 0.1) is 17.4 Å². The third-order valence-electron chi connectivity index (χ3n) is 3.54. The zero-order valence-corrected chi connectivity index (χ0v) is 14.2. The molecule has 0 atom stereocenters. The van der Waals surface area contributed by atoms with Gasteiger partial charge in [0.15, 0.2) is 0 Å². The van der Waals surface area contributed by atoms with Gasteiger partial charge in [-0.05, 0) is 44.0 Å². The number of likely N-dealkylation sites (N-methyl/N-ethyl adjacent to an activating group) is 1. The number of nitrogens with zero attached hydrogens (tertiary/aromatic N) is 4. The fourth-order valence-electron chi connectivity index (χ4n) is 2.34. The molecule has 2 aromatic rings. The van der Waals surface area contributed by atoms with Gasteiger partial charge in [0.25, 0.3) is 0 Å². The van der Waals surface area contributed by atoms with Crippen molar-refractivity contribution in [2.75, 3.05) is 20.1 Å². The number of rotatable bonds is 4. The van der Waals surface area contributed by atoms with Crippen LogP contribution in [0.2, 0.25) is 0 Å². The third kappa shape index (κ3) is 5.31. The van der Waals surface area contributed by atoms with Crippen molar-refractivity contribution in [3.05, 3.63) is 48.1 Å². The topological polar surface area (TPSA) is 41.9 Å². The smallest absolute Gasteiger partial charge is 0.104 e. The Morgan fingerprint density at radius 3 is 2.59 bits per heavy atom. The molecule has 3 heterocycles. The lowest BCUT2D eigenvalue weighted by Crippen LogP contribution is -2.25. The number of hydrogen-bond acceptors (Lipinski definition) is 5. The van der Waals surface area contributed by atoms with Gasteiger partial charge in [0.2, 0.25) is 0 Å². The lowest BCUT2D eigenvalue weighted by molar-refractivity contribution is 0.372. The van der Waals surface area contributed by atoms with E-state index in [9.17, 15) is 0 Å². The molecule has 0 N–H and O–H groups in total. The first-order valence-corrected chi connectivity index (χ1v) is 8.58. The second-order valence-corrected chi connectivity index (χ2v) is 5.97. The van der Waals surface area contributed by atoms with Gasteiger partial charge < -0.3 is 4.90 Å². The van der Waals surface area contributed by atoms with Crippen LogP contribution in [-0.2, 0) is 6.42 Å². The molecule has 0 amide bonds. The first-order chi connectivity index (χ1) is 10.8. The first-order valence-electron chi connectivity index (χ1n) is 7.85. The Morgan fingerprint density at radius 2 is 2.00 bits per heavy atom. The maximum atomic E-state index is 4.46. The van der Waals surface area contributed by atoms with Crippen LogP contribution in [0.3, 0.4) is 0 Å². The molecule has 0 radical (unpaired) electrons. The van der Waals surface area contributed by atoms with Gasteiger partial charge in [-0.15, -0.1) is 0 Å². The van der Waals surface area contributed by atoms with Crippen LogP contribution in [0.4, 0.5) is 0 Å². The minimum atomic E-state index is 1.02. The van der Waals surface area contributed by atoms with E-state index in [0.717, 1.165) is 31.6 Å². The number of unbranched alkanes of at least 4 members (excludes halogenated alkanes) is 1. The Balaban J connectivity index is 0.000000246. The van der Waals surface area contributed by atoms with Gasteiger partial charge in [-0.2, -0.15) is 8.75 Å². The molecule has 0 aromatic carbocycles. The summed E-state index contributed by atoms with van der Waals surface area (Å²) in [5.74, 6) is 0. The van der Waals surface area contributed by atoms with E-state index in [1.807, 2.05) is 18.2 Å². The minimum absolute atomic E-state index is 1.02. The van der Waals surface area contributed by atoms with Crippen molar-refractivity contribution in [2.24, 2.45) is 0 Å². The second kappa shape index (κ2) is 9.43. The Labute approximate surface area is 137 Å². The van der Waals surface area contributed by atoms with E-state index in [-0.39, 0.29) is 0 Å². The summed E-state index contributed by atoms with van der Waals surface area (Å²) in [4.78, 5) is 6.13. The molecule has 5 heteroatoms. The summed E-state index contributed by atoms with van der Waals surface area (Å²) in [6.07, 6.45) is 10.5. The van der Waals surface area contributed by atoms with Crippen LogP contribution in [0.5, 0.6) is 0 Å². The molecule has 0 saturated carbocycles. The number of pyridine rings is 1. The lowest BCUT2D eigenvalue weighted by Gasteiger charge is -2.22. The fourth-order valence-corrected chi connectivity index (χ4v) is 2.96. The summed E-state index contributed by atoms with van der Waals surface area (Å²) in [7, 11) is 2.17. The van der Waals surface area contributed by atoms with E-state index in [1.165, 1.54) is 35.8 Å². The van der Waals surface area contributed by atoms with Gasteiger partial charge in [0.1, 0.15) is 5.69 Å². The zero-order chi connectivity index (χ0) is 15.6. The van der Waals surface area contributed by atoms with Crippen LogP contribution in [0.25, 0.3) is 5.57 Å². The highest BCUT2D eigenvalue weighted by Crippen LogP contribution is 2.23. The average Bonchev–Trinajstić information content (AvgIpc) is 3.03. The Bertz CT molecular complexity index is 538. The van der Waals surface area contributed by atoms with Crippen molar-refractivity contribution in [1.82, 2.24) is 18.6 Å². The van der Waals surface area contributed by atoms with Crippen LogP contribution in [0.15, 0.2) is 36.7 Å². The maximum Gasteiger partial charge on any atom is 0.104 e. The minimum Gasteiger partial charge on any atom is -0.302 e. The van der Waals surface area contributed by atoms with Gasteiger partial charge in [-0.3, -0.25) is 4.98 Å². The quantitative estimate of drug-likeness (QED) is 0.863. The molecule has 0 spiro atoms. The largest absolute Gasteiger partial charge is 0.302 e. The molecule has 2 aromatic heterocycles. The van der Waals surface area contributed by atoms with Crippen LogP contribution < -0.4 is 0 Å². The highest BCUT2D eigenvalue weighted by atomic mass is 32.1. The molecule has 3 rings (SSSR count). The Hall–Kier alpha value is -1.59. The standard InChI is InChI=1S/C12H19N3S.C5H5N/c1-3-4-7-11-12(14-16-13-11)10-6-5-8-15(2)9-10;1-2-4-6-5-3-1/h6H,3-5,7-9H2,1-2H3;1-5H. The number of aromatic nitrogens is 3. The Morgan fingerprint density at radius 1 is 1.18 bits per heavy atom. The normalized spacial score (nSPS) is 14.9. The van der Waals surface area contributed by atoms with E-state index in [1.54, 1.807) is 12.4 Å². The van der Waals surface area contributed by atoms with Crippen molar-refractivity contribution < 1.29 is 0 Å². The average molecular weight is 316 g/mol. The van der Waals surface area contributed by atoms with E-state index in [0.29, 0.717) is 0 Å². The van der Waals surface area contributed by atoms with Crippen molar-refractivity contribution in [1.29, 1.82) is 0 Å². The summed E-state index contributed by atoms with van der Waals surface area (Å²) < 4.78 is 8.89. The van der Waals surface area contributed by atoms with Gasteiger partial charge >= 0.3 is 0 Å². The fraction of sp³-hybridized carbons (Fsp3) is 0.471. The van der Waals surface area contributed by atoms with E-state index >= 15 is 0 Å². The van der Waals surface area contributed by atoms with E-state index in [4.69, 9.17) is 0 Å². The molecule has 0 fully saturated rings. The molecule has 0 saturated heterocycles. The van der Waals surface area contributed by atoms with Crippen molar-refractivity contribution in [3.8, 4) is 0 Å². The summed E-state index contributed by atoms with van der Waals surface area (Å²) in [6, 6.07) is 5.72. The molecular formula is C17H24N4S. The molecule has 0 bridgehead atoms. The molecule has 4 nitrogen and oxygen atoms in total. The molecule has 22 heavy (non-hydrogen) atoms. The molecule has 0 aliphatic carbocycles. The monoisotopic (exact) mass is 316 g/mol. The second-order valence-electron chi connectivity index (χ2n) is 5.44. The van der Waals surface area contributed by atoms with Crippen LogP contribution >= 0.6 is 11.7 Å². The predicted molar refractivity (Wildman–Crippen MR) is 92.8 cm³/mol. The summed E-state index contributed by atoms with van der Waals surface area (Å²) in [6.45, 7) is 4.39. The molecular weight excluding hydrogens is 292 g/mol. The zero-order valence-electron chi connectivity index (χ0n) is 13.4. The van der Waals surface area contributed by atoms with E-state index < -0.39 is 0 Å². The predicted octanol–water partition coefficient (Wildman–Crippen LogP) is 3.68. The van der Waals surface area contributed by atoms with Gasteiger partial charge in [-0.1, -0.05) is 25.5 Å². The van der Waals surface area contributed by atoms with Crippen LogP contribution in [0, 0.1) is 0 Å². The summed E-state index contributed by atoms with van der Waals surface area (Å²) >= 11 is 1.35.